The zero-order chi connectivity index (χ0) is 21.6. The molecule has 0 aliphatic carbocycles. The molecule has 156 valence electrons. The average molecular weight is 445 g/mol. The molecule has 0 aliphatic heterocycles. The lowest BCUT2D eigenvalue weighted by Gasteiger charge is -2.10. The van der Waals surface area contributed by atoms with E-state index >= 15 is 0 Å². The lowest BCUT2D eigenvalue weighted by atomic mass is 10.1. The van der Waals surface area contributed by atoms with Gasteiger partial charge in [0.2, 0.25) is 0 Å². The van der Waals surface area contributed by atoms with Crippen LogP contribution in [0.2, 0.25) is 5.02 Å². The molecular formula is C22H21ClN2O4S. The van der Waals surface area contributed by atoms with Gasteiger partial charge in [0.05, 0.1) is 22.7 Å². The maximum atomic E-state index is 12.5. The van der Waals surface area contributed by atoms with Gasteiger partial charge >= 0.3 is 0 Å². The van der Waals surface area contributed by atoms with E-state index in [9.17, 15) is 13.2 Å². The summed E-state index contributed by atoms with van der Waals surface area (Å²) in [5.74, 6) is 0.508. The van der Waals surface area contributed by atoms with E-state index in [1.165, 1.54) is 24.3 Å². The molecule has 0 saturated carbocycles. The van der Waals surface area contributed by atoms with Crippen molar-refractivity contribution >= 4 is 33.2 Å². The summed E-state index contributed by atoms with van der Waals surface area (Å²) in [5, 5.41) is 3.13. The Morgan fingerprint density at radius 2 is 1.63 bits per heavy atom. The number of hydrogen-bond donors (Lipinski definition) is 2. The summed E-state index contributed by atoms with van der Waals surface area (Å²) in [4.78, 5) is 12.4. The number of sulfonamides is 1. The highest BCUT2D eigenvalue weighted by molar-refractivity contribution is 7.92. The summed E-state index contributed by atoms with van der Waals surface area (Å²) in [6.07, 6.45) is 0.671. The van der Waals surface area contributed by atoms with Crippen molar-refractivity contribution in [3.63, 3.8) is 0 Å². The zero-order valence-electron chi connectivity index (χ0n) is 16.3. The van der Waals surface area contributed by atoms with E-state index in [1.54, 1.807) is 31.4 Å². The third kappa shape index (κ3) is 5.52. The molecule has 3 aromatic rings. The summed E-state index contributed by atoms with van der Waals surface area (Å²) in [7, 11) is -2.20. The SMILES string of the molecule is COc1ccc(CCNC(=O)c2ccc(S(=O)(=O)Nc3ccccc3Cl)cc2)cc1. The Kier molecular flexibility index (Phi) is 6.97. The summed E-state index contributed by atoms with van der Waals surface area (Å²) in [5.41, 5.74) is 1.74. The second-order valence-corrected chi connectivity index (χ2v) is 8.55. The fourth-order valence-corrected chi connectivity index (χ4v) is 4.07. The Morgan fingerprint density at radius 1 is 0.967 bits per heavy atom. The number of carbonyl (C=O) groups excluding carboxylic acids is 1. The highest BCUT2D eigenvalue weighted by Gasteiger charge is 2.16. The smallest absolute Gasteiger partial charge is 0.261 e. The zero-order valence-corrected chi connectivity index (χ0v) is 17.8. The molecule has 0 saturated heterocycles. The standard InChI is InChI=1S/C22H21ClN2O4S/c1-29-18-10-6-16(7-11-18)14-15-24-22(26)17-8-12-19(13-9-17)30(27,28)25-21-5-3-2-4-20(21)23/h2-13,25H,14-15H2,1H3,(H,24,26). The number of benzene rings is 3. The van der Waals surface area contributed by atoms with Gasteiger partial charge in [-0.2, -0.15) is 0 Å². The van der Waals surface area contributed by atoms with E-state index < -0.39 is 10.0 Å². The van der Waals surface area contributed by atoms with Gasteiger partial charge in [-0.1, -0.05) is 35.9 Å². The molecule has 0 heterocycles. The molecule has 8 heteroatoms. The lowest BCUT2D eigenvalue weighted by molar-refractivity contribution is 0.0954. The Bertz CT molecular complexity index is 1110. The van der Waals surface area contributed by atoms with Crippen molar-refractivity contribution in [3.05, 3.63) is 88.9 Å². The lowest BCUT2D eigenvalue weighted by Crippen LogP contribution is -2.25. The predicted octanol–water partition coefficient (Wildman–Crippen LogP) is 4.12. The number of hydrogen-bond acceptors (Lipinski definition) is 4. The predicted molar refractivity (Wildman–Crippen MR) is 118 cm³/mol. The molecule has 0 spiro atoms. The molecule has 30 heavy (non-hydrogen) atoms. The van der Waals surface area contributed by atoms with Gasteiger partial charge in [-0.25, -0.2) is 8.42 Å². The number of carbonyl (C=O) groups is 1. The highest BCUT2D eigenvalue weighted by atomic mass is 35.5. The monoisotopic (exact) mass is 444 g/mol. The molecule has 0 bridgehead atoms. The number of amides is 1. The maximum absolute atomic E-state index is 12.5. The van der Waals surface area contributed by atoms with E-state index in [2.05, 4.69) is 10.0 Å². The summed E-state index contributed by atoms with van der Waals surface area (Å²) in [6.45, 7) is 0.458. The van der Waals surface area contributed by atoms with Crippen LogP contribution in [0.1, 0.15) is 15.9 Å². The largest absolute Gasteiger partial charge is 0.497 e. The van der Waals surface area contributed by atoms with Crippen LogP contribution in [0, 0.1) is 0 Å². The van der Waals surface area contributed by atoms with Crippen LogP contribution < -0.4 is 14.8 Å². The van der Waals surface area contributed by atoms with Gasteiger partial charge in [0, 0.05) is 12.1 Å². The van der Waals surface area contributed by atoms with Gasteiger partial charge in [-0.3, -0.25) is 9.52 Å². The maximum Gasteiger partial charge on any atom is 0.261 e. The second-order valence-electron chi connectivity index (χ2n) is 6.46. The number of anilines is 1. The third-order valence-electron chi connectivity index (χ3n) is 4.40. The number of methoxy groups -OCH3 is 1. The summed E-state index contributed by atoms with van der Waals surface area (Å²) >= 11 is 6.01. The van der Waals surface area contributed by atoms with Crippen LogP contribution in [-0.2, 0) is 16.4 Å². The van der Waals surface area contributed by atoms with Gasteiger partial charge in [-0.15, -0.1) is 0 Å². The molecule has 0 radical (unpaired) electrons. The van der Waals surface area contributed by atoms with E-state index in [0.717, 1.165) is 11.3 Å². The number of halogens is 1. The normalized spacial score (nSPS) is 11.0. The Morgan fingerprint density at radius 3 is 2.27 bits per heavy atom. The van der Waals surface area contributed by atoms with Crippen molar-refractivity contribution < 1.29 is 17.9 Å². The summed E-state index contributed by atoms with van der Waals surface area (Å²) < 4.78 is 32.6. The molecule has 0 atom stereocenters. The Hall–Kier alpha value is -3.03. The third-order valence-corrected chi connectivity index (χ3v) is 6.11. The van der Waals surface area contributed by atoms with Crippen LogP contribution in [0.25, 0.3) is 0 Å². The van der Waals surface area contributed by atoms with Crippen LogP contribution in [-0.4, -0.2) is 28.0 Å². The Labute approximate surface area is 180 Å². The fourth-order valence-electron chi connectivity index (χ4n) is 2.75. The topological polar surface area (TPSA) is 84.5 Å². The van der Waals surface area contributed by atoms with Crippen molar-refractivity contribution in [2.45, 2.75) is 11.3 Å². The quantitative estimate of drug-likeness (QED) is 0.547. The fraction of sp³-hybridized carbons (Fsp3) is 0.136. The van der Waals surface area contributed by atoms with Crippen molar-refractivity contribution in [2.24, 2.45) is 0 Å². The van der Waals surface area contributed by atoms with Crippen LogP contribution in [0.15, 0.2) is 77.7 Å². The molecular weight excluding hydrogens is 424 g/mol. The number of para-hydroxylation sites is 1. The van der Waals surface area contributed by atoms with Gasteiger partial charge in [-0.05, 0) is 60.5 Å². The number of rotatable bonds is 8. The van der Waals surface area contributed by atoms with Crippen LogP contribution in [0.3, 0.4) is 0 Å². The van der Waals surface area contributed by atoms with E-state index in [4.69, 9.17) is 16.3 Å². The minimum absolute atomic E-state index is 0.0391. The van der Waals surface area contributed by atoms with E-state index in [-0.39, 0.29) is 10.8 Å². The minimum atomic E-state index is -3.81. The molecule has 3 aromatic carbocycles. The van der Waals surface area contributed by atoms with Crippen molar-refractivity contribution in [1.82, 2.24) is 5.32 Å². The summed E-state index contributed by atoms with van der Waals surface area (Å²) in [6, 6.07) is 19.9. The van der Waals surface area contributed by atoms with Crippen molar-refractivity contribution in [3.8, 4) is 5.75 Å². The first kappa shape index (κ1) is 21.7. The van der Waals surface area contributed by atoms with E-state index in [0.29, 0.717) is 29.2 Å². The average Bonchev–Trinajstić information content (AvgIpc) is 2.76. The molecule has 0 aliphatic rings. The van der Waals surface area contributed by atoms with Crippen molar-refractivity contribution in [1.29, 1.82) is 0 Å². The first-order chi connectivity index (χ1) is 14.4. The number of ether oxygens (including phenoxy) is 1. The molecule has 2 N–H and O–H groups in total. The van der Waals surface area contributed by atoms with Gasteiger partial charge in [0.25, 0.3) is 15.9 Å². The molecule has 1 amide bonds. The number of nitrogens with one attached hydrogen (secondary N) is 2. The first-order valence-corrected chi connectivity index (χ1v) is 11.0. The van der Waals surface area contributed by atoms with Crippen molar-refractivity contribution in [2.75, 3.05) is 18.4 Å². The molecule has 0 aromatic heterocycles. The Balaban J connectivity index is 1.58. The van der Waals surface area contributed by atoms with Crippen LogP contribution in [0.5, 0.6) is 5.75 Å². The minimum Gasteiger partial charge on any atom is -0.497 e. The first-order valence-electron chi connectivity index (χ1n) is 9.17. The van der Waals surface area contributed by atoms with Gasteiger partial charge in [0.1, 0.15) is 5.75 Å². The van der Waals surface area contributed by atoms with Crippen LogP contribution >= 0.6 is 11.6 Å². The second kappa shape index (κ2) is 9.65. The van der Waals surface area contributed by atoms with Crippen LogP contribution in [0.4, 0.5) is 5.69 Å². The van der Waals surface area contributed by atoms with E-state index in [1.807, 2.05) is 24.3 Å². The highest BCUT2D eigenvalue weighted by Crippen LogP contribution is 2.24. The molecule has 0 fully saturated rings. The molecule has 3 rings (SSSR count). The van der Waals surface area contributed by atoms with Gasteiger partial charge in [0.15, 0.2) is 0 Å². The molecule has 6 nitrogen and oxygen atoms in total. The van der Waals surface area contributed by atoms with Gasteiger partial charge < -0.3 is 10.1 Å². The molecule has 0 unspecified atom stereocenters.